The lowest BCUT2D eigenvalue weighted by Crippen LogP contribution is -2.14. The molecule has 1 aromatic rings. The van der Waals surface area contributed by atoms with E-state index in [1.807, 2.05) is 0 Å². The van der Waals surface area contributed by atoms with Gasteiger partial charge in [0.2, 0.25) is 0 Å². The summed E-state index contributed by atoms with van der Waals surface area (Å²) in [5.74, 6) is -0.273. The minimum atomic E-state index is -0.568. The molecule has 1 fully saturated rings. The van der Waals surface area contributed by atoms with Crippen molar-refractivity contribution < 1.29 is 13.5 Å². The van der Waals surface area contributed by atoms with E-state index in [2.05, 4.69) is 6.92 Å². The van der Waals surface area contributed by atoms with Gasteiger partial charge >= 0.3 is 0 Å². The minimum absolute atomic E-state index is 0.237. The molecule has 1 aliphatic rings. The summed E-state index contributed by atoms with van der Waals surface area (Å²) in [6, 6.07) is 2.94. The van der Waals surface area contributed by atoms with E-state index >= 15 is 0 Å². The molecule has 2 rings (SSSR count). The minimum Gasteiger partial charge on any atom is -0.488 e. The van der Waals surface area contributed by atoms with Gasteiger partial charge in [-0.15, -0.1) is 0 Å². The van der Waals surface area contributed by atoms with Gasteiger partial charge in [-0.2, -0.15) is 0 Å². The number of ether oxygens (including phenoxy) is 1. The molecule has 0 aromatic heterocycles. The fourth-order valence-electron chi connectivity index (χ4n) is 3.56. The van der Waals surface area contributed by atoms with Crippen LogP contribution >= 0.6 is 0 Å². The molecule has 0 bridgehead atoms. The Morgan fingerprint density at radius 3 is 2.18 bits per heavy atom. The normalized spacial score (nSPS) is 21.8. The van der Waals surface area contributed by atoms with E-state index in [0.717, 1.165) is 24.3 Å². The van der Waals surface area contributed by atoms with Gasteiger partial charge in [0.15, 0.2) is 17.4 Å². The molecule has 0 aliphatic heterocycles. The number of hydrogen-bond acceptors (Lipinski definition) is 1. The van der Waals surface area contributed by atoms with Crippen LogP contribution in [0.1, 0.15) is 76.7 Å². The van der Waals surface area contributed by atoms with Crippen LogP contribution in [-0.4, -0.2) is 6.61 Å². The van der Waals surface area contributed by atoms with Gasteiger partial charge in [-0.05, 0) is 62.1 Å². The molecule has 0 heterocycles. The molecular formula is C19H28F2O. The fourth-order valence-corrected chi connectivity index (χ4v) is 3.56. The molecule has 0 N–H and O–H groups in total. The summed E-state index contributed by atoms with van der Waals surface area (Å²) in [5, 5.41) is 0. The van der Waals surface area contributed by atoms with E-state index in [1.54, 1.807) is 6.92 Å². The molecule has 0 radical (unpaired) electrons. The first-order valence-corrected chi connectivity index (χ1v) is 8.77. The van der Waals surface area contributed by atoms with Crippen molar-refractivity contribution in [2.24, 2.45) is 5.92 Å². The molecule has 1 nitrogen and oxygen atoms in total. The van der Waals surface area contributed by atoms with Gasteiger partial charge in [-0.3, -0.25) is 0 Å². The topological polar surface area (TPSA) is 9.23 Å². The van der Waals surface area contributed by atoms with Gasteiger partial charge in [0, 0.05) is 0 Å². The van der Waals surface area contributed by atoms with Crippen LogP contribution in [0.5, 0.6) is 5.75 Å². The summed E-state index contributed by atoms with van der Waals surface area (Å²) in [4.78, 5) is 0. The number of hydrogen-bond donors (Lipinski definition) is 0. The van der Waals surface area contributed by atoms with E-state index < -0.39 is 11.6 Å². The average Bonchev–Trinajstić information content (AvgIpc) is 2.52. The van der Waals surface area contributed by atoms with E-state index in [9.17, 15) is 8.78 Å². The van der Waals surface area contributed by atoms with Crippen LogP contribution in [0.15, 0.2) is 12.1 Å². The van der Waals surface area contributed by atoms with Gasteiger partial charge in [0.05, 0.1) is 6.61 Å². The summed E-state index contributed by atoms with van der Waals surface area (Å²) < 4.78 is 33.0. The largest absolute Gasteiger partial charge is 0.488 e. The first-order valence-electron chi connectivity index (χ1n) is 8.77. The van der Waals surface area contributed by atoms with Gasteiger partial charge < -0.3 is 4.74 Å². The van der Waals surface area contributed by atoms with Crippen molar-refractivity contribution in [1.82, 2.24) is 0 Å². The van der Waals surface area contributed by atoms with Crippen LogP contribution in [0.3, 0.4) is 0 Å². The third-order valence-electron chi connectivity index (χ3n) is 4.84. The second-order valence-electron chi connectivity index (χ2n) is 6.46. The van der Waals surface area contributed by atoms with Gasteiger partial charge in [-0.1, -0.05) is 32.6 Å². The zero-order valence-corrected chi connectivity index (χ0v) is 13.8. The lowest BCUT2D eigenvalue weighted by Gasteiger charge is -2.29. The monoisotopic (exact) mass is 310 g/mol. The van der Waals surface area contributed by atoms with Crippen LogP contribution in [0.4, 0.5) is 8.78 Å². The Morgan fingerprint density at radius 1 is 1.00 bits per heavy atom. The molecule has 0 unspecified atom stereocenters. The molecule has 3 heteroatoms. The predicted molar refractivity (Wildman–Crippen MR) is 86.4 cm³/mol. The number of unbranched alkanes of at least 4 members (excludes halogenated alkanes) is 2. The van der Waals surface area contributed by atoms with Crippen molar-refractivity contribution in [3.05, 3.63) is 29.3 Å². The predicted octanol–water partition coefficient (Wildman–Crippen LogP) is 6.22. The lowest BCUT2D eigenvalue weighted by atomic mass is 9.77. The first kappa shape index (κ1) is 17.2. The third kappa shape index (κ3) is 4.44. The summed E-state index contributed by atoms with van der Waals surface area (Å²) in [6.45, 7) is 4.23. The number of benzene rings is 1. The zero-order chi connectivity index (χ0) is 15.9. The SMILES string of the molecule is CCCCC[C@H]1CC[C@H](c2cc(F)c(OCC)c(F)c2)CC1. The van der Waals surface area contributed by atoms with Crippen molar-refractivity contribution in [3.63, 3.8) is 0 Å². The van der Waals surface area contributed by atoms with Crippen LogP contribution in [0.2, 0.25) is 0 Å². The summed E-state index contributed by atoms with van der Waals surface area (Å²) in [5.41, 5.74) is 0.797. The maximum Gasteiger partial charge on any atom is 0.190 e. The van der Waals surface area contributed by atoms with Crippen molar-refractivity contribution in [3.8, 4) is 5.75 Å². The third-order valence-corrected chi connectivity index (χ3v) is 4.84. The van der Waals surface area contributed by atoms with Crippen LogP contribution < -0.4 is 4.74 Å². The Morgan fingerprint density at radius 2 is 1.64 bits per heavy atom. The molecule has 1 aliphatic carbocycles. The fraction of sp³-hybridized carbons (Fsp3) is 0.684. The Hall–Kier alpha value is -1.12. The molecular weight excluding hydrogens is 282 g/mol. The van der Waals surface area contributed by atoms with Crippen LogP contribution in [-0.2, 0) is 0 Å². The summed E-state index contributed by atoms with van der Waals surface area (Å²) in [7, 11) is 0. The zero-order valence-electron chi connectivity index (χ0n) is 13.8. The van der Waals surface area contributed by atoms with E-state index in [1.165, 1.54) is 50.7 Å². The quantitative estimate of drug-likeness (QED) is 0.543. The maximum absolute atomic E-state index is 14.0. The second-order valence-corrected chi connectivity index (χ2v) is 6.46. The van der Waals surface area contributed by atoms with Gasteiger partial charge in [0.1, 0.15) is 0 Å². The van der Waals surface area contributed by atoms with Crippen LogP contribution in [0, 0.1) is 17.6 Å². The highest BCUT2D eigenvalue weighted by Gasteiger charge is 2.24. The Bertz CT molecular complexity index is 441. The average molecular weight is 310 g/mol. The highest BCUT2D eigenvalue weighted by atomic mass is 19.1. The van der Waals surface area contributed by atoms with Crippen molar-refractivity contribution in [1.29, 1.82) is 0 Å². The number of halogens is 2. The molecule has 1 saturated carbocycles. The first-order chi connectivity index (χ1) is 10.7. The molecule has 124 valence electrons. The van der Waals surface area contributed by atoms with Gasteiger partial charge in [-0.25, -0.2) is 8.78 Å². The van der Waals surface area contributed by atoms with Crippen molar-refractivity contribution >= 4 is 0 Å². The molecule has 0 atom stereocenters. The maximum atomic E-state index is 14.0. The standard InChI is InChI=1S/C19H28F2O/c1-3-5-6-7-14-8-10-15(11-9-14)16-12-17(20)19(22-4-2)18(21)13-16/h12-15H,3-11H2,1-2H3/t14-,15-. The van der Waals surface area contributed by atoms with Crippen LogP contribution in [0.25, 0.3) is 0 Å². The second kappa shape index (κ2) is 8.50. The molecule has 1 aromatic carbocycles. The smallest absolute Gasteiger partial charge is 0.190 e. The Kier molecular flexibility index (Phi) is 6.66. The lowest BCUT2D eigenvalue weighted by molar-refractivity contribution is 0.294. The Labute approximate surface area is 133 Å². The molecule has 0 spiro atoms. The highest BCUT2D eigenvalue weighted by molar-refractivity contribution is 5.33. The molecule has 0 amide bonds. The number of rotatable bonds is 7. The molecule has 22 heavy (non-hydrogen) atoms. The summed E-state index contributed by atoms with van der Waals surface area (Å²) in [6.07, 6.45) is 9.67. The van der Waals surface area contributed by atoms with E-state index in [4.69, 9.17) is 4.74 Å². The van der Waals surface area contributed by atoms with E-state index in [-0.39, 0.29) is 12.4 Å². The van der Waals surface area contributed by atoms with Crippen molar-refractivity contribution in [2.45, 2.75) is 71.1 Å². The van der Waals surface area contributed by atoms with Gasteiger partial charge in [0.25, 0.3) is 0 Å². The highest BCUT2D eigenvalue weighted by Crippen LogP contribution is 2.39. The summed E-state index contributed by atoms with van der Waals surface area (Å²) >= 11 is 0. The Balaban J connectivity index is 1.94. The van der Waals surface area contributed by atoms with E-state index in [0.29, 0.717) is 5.92 Å². The molecule has 0 saturated heterocycles. The van der Waals surface area contributed by atoms with Crippen molar-refractivity contribution in [2.75, 3.05) is 6.61 Å².